The maximum absolute atomic E-state index is 13.1. The van der Waals surface area contributed by atoms with E-state index < -0.39 is 0 Å². The van der Waals surface area contributed by atoms with Gasteiger partial charge < -0.3 is 9.84 Å². The molecule has 140 valence electrons. The molecule has 6 heteroatoms. The number of rotatable bonds is 7. The maximum Gasteiger partial charge on any atom is 0.258 e. The second-order valence-electron chi connectivity index (χ2n) is 6.19. The molecule has 0 aliphatic carbocycles. The van der Waals surface area contributed by atoms with Gasteiger partial charge >= 0.3 is 0 Å². The van der Waals surface area contributed by atoms with E-state index >= 15 is 0 Å². The average Bonchev–Trinajstić information content (AvgIpc) is 2.71. The summed E-state index contributed by atoms with van der Waals surface area (Å²) in [6.45, 7) is 2.50. The van der Waals surface area contributed by atoms with Gasteiger partial charge in [0.25, 0.3) is 5.56 Å². The first-order valence-corrected chi connectivity index (χ1v) is 9.16. The first-order valence-electron chi connectivity index (χ1n) is 8.75. The van der Waals surface area contributed by atoms with Crippen molar-refractivity contribution in [3.8, 4) is 11.3 Å². The van der Waals surface area contributed by atoms with Crippen LogP contribution in [0.15, 0.2) is 65.5 Å². The summed E-state index contributed by atoms with van der Waals surface area (Å²) in [7, 11) is 0. The van der Waals surface area contributed by atoms with Gasteiger partial charge in [0, 0.05) is 5.56 Å². The molecule has 0 saturated carbocycles. The highest BCUT2D eigenvalue weighted by atomic mass is 32.1. The zero-order chi connectivity index (χ0) is 19.2. The van der Waals surface area contributed by atoms with Crippen molar-refractivity contribution >= 4 is 12.2 Å². The van der Waals surface area contributed by atoms with E-state index in [0.29, 0.717) is 16.9 Å². The number of aliphatic hydroxyl groups excluding tert-OH is 1. The molecule has 0 aliphatic heterocycles. The molecule has 0 atom stereocenters. The Morgan fingerprint density at radius 2 is 1.63 bits per heavy atom. The predicted molar refractivity (Wildman–Crippen MR) is 108 cm³/mol. The molecular formula is C21H22N2O3S. The molecule has 0 unspecified atom stereocenters. The van der Waals surface area contributed by atoms with E-state index in [2.05, 4.69) is 0 Å². The van der Waals surface area contributed by atoms with Gasteiger partial charge in [0.05, 0.1) is 25.5 Å². The van der Waals surface area contributed by atoms with Gasteiger partial charge in [0.2, 0.25) is 0 Å². The topological polar surface area (TPSA) is 56.4 Å². The summed E-state index contributed by atoms with van der Waals surface area (Å²) in [6.07, 6.45) is 0. The van der Waals surface area contributed by atoms with E-state index in [9.17, 15) is 4.79 Å². The molecule has 1 N–H and O–H groups in total. The Morgan fingerprint density at radius 1 is 1.00 bits per heavy atom. The van der Waals surface area contributed by atoms with Gasteiger partial charge in [0.1, 0.15) is 6.73 Å². The SMILES string of the molecule is Cc1c(-c2ccccc2)n(COCCO)c(=S)n(Cc2ccccc2)c1=O. The highest BCUT2D eigenvalue weighted by Crippen LogP contribution is 2.22. The van der Waals surface area contributed by atoms with Gasteiger partial charge in [-0.05, 0) is 30.3 Å². The fourth-order valence-electron chi connectivity index (χ4n) is 3.05. The van der Waals surface area contributed by atoms with E-state index in [1.165, 1.54) is 0 Å². The van der Waals surface area contributed by atoms with Crippen LogP contribution in [0.2, 0.25) is 0 Å². The fourth-order valence-corrected chi connectivity index (χ4v) is 3.34. The summed E-state index contributed by atoms with van der Waals surface area (Å²) in [6, 6.07) is 19.4. The summed E-state index contributed by atoms with van der Waals surface area (Å²) in [5.41, 5.74) is 3.14. The maximum atomic E-state index is 13.1. The molecule has 0 amide bonds. The highest BCUT2D eigenvalue weighted by Gasteiger charge is 2.16. The third kappa shape index (κ3) is 4.24. The van der Waals surface area contributed by atoms with Crippen LogP contribution in [0.1, 0.15) is 11.1 Å². The quantitative estimate of drug-likeness (QED) is 0.503. The van der Waals surface area contributed by atoms with Crippen LogP contribution in [0.3, 0.4) is 0 Å². The molecule has 0 spiro atoms. The van der Waals surface area contributed by atoms with Crippen LogP contribution in [-0.4, -0.2) is 27.5 Å². The molecule has 0 aliphatic rings. The fraction of sp³-hybridized carbons (Fsp3) is 0.238. The Bertz CT molecular complexity index is 1010. The largest absolute Gasteiger partial charge is 0.394 e. The van der Waals surface area contributed by atoms with Crippen molar-refractivity contribution in [3.05, 3.63) is 86.9 Å². The summed E-state index contributed by atoms with van der Waals surface area (Å²) < 4.78 is 9.35. The lowest BCUT2D eigenvalue weighted by Gasteiger charge is -2.20. The smallest absolute Gasteiger partial charge is 0.258 e. The summed E-state index contributed by atoms with van der Waals surface area (Å²) >= 11 is 5.66. The van der Waals surface area contributed by atoms with Crippen molar-refractivity contribution in [1.82, 2.24) is 9.13 Å². The molecule has 0 radical (unpaired) electrons. The van der Waals surface area contributed by atoms with Gasteiger partial charge in [-0.1, -0.05) is 60.7 Å². The Labute approximate surface area is 163 Å². The Balaban J connectivity index is 2.17. The van der Waals surface area contributed by atoms with Crippen molar-refractivity contribution in [2.75, 3.05) is 13.2 Å². The lowest BCUT2D eigenvalue weighted by Crippen LogP contribution is -2.29. The van der Waals surface area contributed by atoms with E-state index in [1.54, 1.807) is 4.57 Å². The molecule has 1 aromatic heterocycles. The van der Waals surface area contributed by atoms with E-state index in [1.807, 2.05) is 72.2 Å². The Morgan fingerprint density at radius 3 is 2.26 bits per heavy atom. The number of hydrogen-bond acceptors (Lipinski definition) is 4. The second-order valence-corrected chi connectivity index (χ2v) is 6.55. The van der Waals surface area contributed by atoms with Gasteiger partial charge in [-0.3, -0.25) is 13.9 Å². The number of nitrogens with zero attached hydrogens (tertiary/aromatic N) is 2. The van der Waals surface area contributed by atoms with E-state index in [0.717, 1.165) is 16.8 Å². The second kappa shape index (κ2) is 8.90. The van der Waals surface area contributed by atoms with Crippen LogP contribution in [0, 0.1) is 11.7 Å². The normalized spacial score (nSPS) is 10.9. The molecule has 0 bridgehead atoms. The molecule has 1 heterocycles. The molecule has 3 rings (SSSR count). The van der Waals surface area contributed by atoms with Crippen molar-refractivity contribution in [2.24, 2.45) is 0 Å². The minimum absolute atomic E-state index is 0.0728. The van der Waals surface area contributed by atoms with Gasteiger partial charge in [0.15, 0.2) is 4.77 Å². The number of aromatic nitrogens is 2. The Kier molecular flexibility index (Phi) is 6.34. The van der Waals surface area contributed by atoms with Crippen molar-refractivity contribution in [1.29, 1.82) is 0 Å². The standard InChI is InChI=1S/C21H22N2O3S/c1-16-19(18-10-6-3-7-11-18)23(15-26-13-12-24)21(27)22(20(16)25)14-17-8-4-2-5-9-17/h2-11,24H,12-15H2,1H3. The van der Waals surface area contributed by atoms with Crippen LogP contribution in [0.5, 0.6) is 0 Å². The lowest BCUT2D eigenvalue weighted by atomic mass is 10.1. The Hall–Kier alpha value is -2.54. The van der Waals surface area contributed by atoms with Crippen LogP contribution in [0.4, 0.5) is 0 Å². The first kappa shape index (κ1) is 19.2. The molecular weight excluding hydrogens is 360 g/mol. The first-order chi connectivity index (χ1) is 13.1. The van der Waals surface area contributed by atoms with Gasteiger partial charge in [-0.15, -0.1) is 0 Å². The molecule has 5 nitrogen and oxygen atoms in total. The summed E-state index contributed by atoms with van der Waals surface area (Å²) in [5, 5.41) is 9.03. The molecule has 0 saturated heterocycles. The summed E-state index contributed by atoms with van der Waals surface area (Å²) in [4.78, 5) is 13.1. The minimum atomic E-state index is -0.110. The van der Waals surface area contributed by atoms with Crippen molar-refractivity contribution in [3.63, 3.8) is 0 Å². The third-order valence-electron chi connectivity index (χ3n) is 4.34. The minimum Gasteiger partial charge on any atom is -0.394 e. The number of aliphatic hydroxyl groups is 1. The van der Waals surface area contributed by atoms with Crippen molar-refractivity contribution in [2.45, 2.75) is 20.2 Å². The average molecular weight is 382 g/mol. The van der Waals surface area contributed by atoms with Crippen LogP contribution in [0.25, 0.3) is 11.3 Å². The number of hydrogen-bond donors (Lipinski definition) is 1. The van der Waals surface area contributed by atoms with Gasteiger partial charge in [-0.2, -0.15) is 0 Å². The number of benzene rings is 2. The molecule has 3 aromatic rings. The van der Waals surface area contributed by atoms with Crippen LogP contribution in [-0.2, 0) is 18.0 Å². The zero-order valence-electron chi connectivity index (χ0n) is 15.2. The van der Waals surface area contributed by atoms with Crippen LogP contribution >= 0.6 is 12.2 Å². The van der Waals surface area contributed by atoms with Gasteiger partial charge in [-0.25, -0.2) is 0 Å². The highest BCUT2D eigenvalue weighted by molar-refractivity contribution is 7.71. The predicted octanol–water partition coefficient (Wildman–Crippen LogP) is 3.37. The molecule has 27 heavy (non-hydrogen) atoms. The molecule has 0 fully saturated rings. The van der Waals surface area contributed by atoms with Crippen LogP contribution < -0.4 is 5.56 Å². The van der Waals surface area contributed by atoms with Crippen molar-refractivity contribution < 1.29 is 9.84 Å². The lowest BCUT2D eigenvalue weighted by molar-refractivity contribution is 0.0468. The zero-order valence-corrected chi connectivity index (χ0v) is 16.0. The number of ether oxygens (including phenoxy) is 1. The summed E-state index contributed by atoms with van der Waals surface area (Å²) in [5.74, 6) is 0. The van der Waals surface area contributed by atoms with E-state index in [4.69, 9.17) is 22.1 Å². The molecule has 2 aromatic carbocycles. The third-order valence-corrected chi connectivity index (χ3v) is 4.78. The monoisotopic (exact) mass is 382 g/mol. The van der Waals surface area contributed by atoms with E-state index in [-0.39, 0.29) is 25.5 Å².